The maximum Gasteiger partial charge on any atom is 0.412 e. The number of fused-ring (bicyclic) bond motifs is 2. The van der Waals surface area contributed by atoms with Gasteiger partial charge in [0, 0.05) is 12.2 Å². The zero-order valence-corrected chi connectivity index (χ0v) is 18.6. The lowest BCUT2D eigenvalue weighted by molar-refractivity contribution is 0.0980. The Kier molecular flexibility index (Phi) is 5.40. The average molecular weight is 460 g/mol. The van der Waals surface area contributed by atoms with Crippen molar-refractivity contribution in [3.05, 3.63) is 71.6 Å². The predicted octanol–water partition coefficient (Wildman–Crippen LogP) is 4.03. The molecule has 0 fully saturated rings. The van der Waals surface area contributed by atoms with E-state index in [2.05, 4.69) is 25.0 Å². The van der Waals surface area contributed by atoms with Crippen LogP contribution in [0.1, 0.15) is 28.0 Å². The third-order valence-corrected chi connectivity index (χ3v) is 5.76. The van der Waals surface area contributed by atoms with Gasteiger partial charge in [0.1, 0.15) is 29.2 Å². The summed E-state index contributed by atoms with van der Waals surface area (Å²) in [5.41, 5.74) is 4.44. The van der Waals surface area contributed by atoms with Gasteiger partial charge in [0.05, 0.1) is 19.0 Å². The number of hydrogen-bond donors (Lipinski definition) is 1. The lowest BCUT2D eigenvalue weighted by atomic mass is 10.0. The number of nitrogens with one attached hydrogen (secondary N) is 1. The third-order valence-electron chi connectivity index (χ3n) is 5.76. The van der Waals surface area contributed by atoms with E-state index in [4.69, 9.17) is 0 Å². The molecule has 4 aromatic rings. The predicted molar refractivity (Wildman–Crippen MR) is 124 cm³/mol. The number of imidazole rings is 1. The van der Waals surface area contributed by atoms with Gasteiger partial charge >= 0.3 is 6.09 Å². The van der Waals surface area contributed by atoms with Crippen LogP contribution in [0.15, 0.2) is 48.9 Å². The summed E-state index contributed by atoms with van der Waals surface area (Å²) in [6.45, 7) is 2.41. The Bertz CT molecular complexity index is 1420. The summed E-state index contributed by atoms with van der Waals surface area (Å²) in [5, 5.41) is 2.50. The monoisotopic (exact) mass is 460 g/mol. The minimum absolute atomic E-state index is 0.249. The normalized spacial score (nSPS) is 13.0. The van der Waals surface area contributed by atoms with E-state index in [1.165, 1.54) is 19.2 Å². The first-order valence-corrected chi connectivity index (χ1v) is 10.7. The van der Waals surface area contributed by atoms with Crippen molar-refractivity contribution < 1.29 is 18.7 Å². The number of carbonyl (C=O) groups excluding carboxylic acids is 2. The minimum Gasteiger partial charge on any atom is -0.453 e. The smallest absolute Gasteiger partial charge is 0.412 e. The quantitative estimate of drug-likeness (QED) is 0.495. The molecule has 1 aromatic carbocycles. The summed E-state index contributed by atoms with van der Waals surface area (Å²) in [6, 6.07) is 9.60. The van der Waals surface area contributed by atoms with Gasteiger partial charge in [-0.25, -0.2) is 24.1 Å². The molecular weight excluding hydrogens is 439 g/mol. The van der Waals surface area contributed by atoms with Gasteiger partial charge in [-0.2, -0.15) is 0 Å². The molecule has 0 saturated heterocycles. The van der Waals surface area contributed by atoms with Crippen molar-refractivity contribution >= 4 is 34.7 Å². The van der Waals surface area contributed by atoms with Crippen molar-refractivity contribution in [2.75, 3.05) is 23.9 Å². The molecule has 0 spiro atoms. The second-order valence-electron chi connectivity index (χ2n) is 7.96. The molecule has 2 amide bonds. The molecule has 5 rings (SSSR count). The SMILES string of the molecule is COC(=O)Nc1ccc(-n2cnc3c(C)cc(C(=O)N4CCCc5cc(F)ccc54)nc32)cn1. The minimum atomic E-state index is -0.615. The maximum absolute atomic E-state index is 13.7. The highest BCUT2D eigenvalue weighted by Gasteiger charge is 2.26. The van der Waals surface area contributed by atoms with Gasteiger partial charge < -0.3 is 9.64 Å². The Morgan fingerprint density at radius 2 is 2.00 bits per heavy atom. The van der Waals surface area contributed by atoms with E-state index in [0.717, 1.165) is 24.0 Å². The number of rotatable bonds is 3. The van der Waals surface area contributed by atoms with E-state index in [9.17, 15) is 14.0 Å². The van der Waals surface area contributed by atoms with Gasteiger partial charge in [0.25, 0.3) is 5.91 Å². The van der Waals surface area contributed by atoms with E-state index >= 15 is 0 Å². The summed E-state index contributed by atoms with van der Waals surface area (Å²) in [6.07, 6.45) is 4.04. The van der Waals surface area contributed by atoms with Crippen molar-refractivity contribution in [3.63, 3.8) is 0 Å². The molecule has 0 unspecified atom stereocenters. The molecule has 1 N–H and O–H groups in total. The fraction of sp³-hybridized carbons (Fsp3) is 0.208. The highest BCUT2D eigenvalue weighted by molar-refractivity contribution is 6.06. The summed E-state index contributed by atoms with van der Waals surface area (Å²) >= 11 is 0. The standard InChI is InChI=1S/C24H21FN6O3/c1-14-10-18(23(32)30-9-3-4-15-11-16(25)5-7-19(15)30)28-22-21(14)27-13-31(22)17-6-8-20(26-12-17)29-24(33)34-2/h5-8,10-13H,3-4,9H2,1-2H3,(H,26,29,33). The topological polar surface area (TPSA) is 102 Å². The summed E-state index contributed by atoms with van der Waals surface area (Å²) in [5.74, 6) is -0.227. The summed E-state index contributed by atoms with van der Waals surface area (Å²) < 4.78 is 20.0. The molecule has 0 atom stereocenters. The van der Waals surface area contributed by atoms with Crippen LogP contribution in [0, 0.1) is 12.7 Å². The van der Waals surface area contributed by atoms with Crippen LogP contribution >= 0.6 is 0 Å². The fourth-order valence-corrected chi connectivity index (χ4v) is 4.12. The first kappa shape index (κ1) is 21.5. The number of hydrogen-bond acceptors (Lipinski definition) is 6. The van der Waals surface area contributed by atoms with Crippen molar-refractivity contribution in [2.24, 2.45) is 0 Å². The molecule has 172 valence electrons. The van der Waals surface area contributed by atoms with E-state index in [1.807, 2.05) is 6.92 Å². The van der Waals surface area contributed by atoms with Crippen LogP contribution in [0.25, 0.3) is 16.9 Å². The number of nitrogens with zero attached hydrogens (tertiary/aromatic N) is 5. The number of aryl methyl sites for hydroxylation is 2. The second kappa shape index (κ2) is 8.54. The lowest BCUT2D eigenvalue weighted by Gasteiger charge is -2.29. The second-order valence-corrected chi connectivity index (χ2v) is 7.96. The van der Waals surface area contributed by atoms with Crippen molar-refractivity contribution in [3.8, 4) is 5.69 Å². The molecule has 1 aliphatic rings. The van der Waals surface area contributed by atoms with Crippen molar-refractivity contribution in [2.45, 2.75) is 19.8 Å². The molecule has 10 heteroatoms. The van der Waals surface area contributed by atoms with Gasteiger partial charge in [-0.05, 0) is 67.3 Å². The Labute approximate surface area is 194 Å². The fourth-order valence-electron chi connectivity index (χ4n) is 4.12. The molecule has 34 heavy (non-hydrogen) atoms. The number of benzene rings is 1. The van der Waals surface area contributed by atoms with Gasteiger partial charge in [0.2, 0.25) is 0 Å². The number of halogens is 1. The van der Waals surface area contributed by atoms with Crippen LogP contribution < -0.4 is 10.2 Å². The number of amides is 2. The van der Waals surface area contributed by atoms with E-state index < -0.39 is 6.09 Å². The van der Waals surface area contributed by atoms with Crippen LogP contribution in [0.3, 0.4) is 0 Å². The van der Waals surface area contributed by atoms with Gasteiger partial charge in [-0.15, -0.1) is 0 Å². The van der Waals surface area contributed by atoms with E-state index in [1.54, 1.807) is 46.3 Å². The van der Waals surface area contributed by atoms with Crippen LogP contribution in [-0.4, -0.2) is 45.2 Å². The first-order valence-electron chi connectivity index (χ1n) is 10.7. The van der Waals surface area contributed by atoms with Gasteiger partial charge in [0.15, 0.2) is 5.65 Å². The molecule has 1 aliphatic heterocycles. The molecule has 9 nitrogen and oxygen atoms in total. The maximum atomic E-state index is 13.7. The largest absolute Gasteiger partial charge is 0.453 e. The van der Waals surface area contributed by atoms with Crippen molar-refractivity contribution in [1.82, 2.24) is 19.5 Å². The van der Waals surface area contributed by atoms with E-state index in [0.29, 0.717) is 34.9 Å². The van der Waals surface area contributed by atoms with Crippen molar-refractivity contribution in [1.29, 1.82) is 0 Å². The number of carbonyl (C=O) groups is 2. The third kappa shape index (κ3) is 3.83. The molecule has 3 aromatic heterocycles. The number of ether oxygens (including phenoxy) is 1. The van der Waals surface area contributed by atoms with Crippen LogP contribution in [0.5, 0.6) is 0 Å². The highest BCUT2D eigenvalue weighted by atomic mass is 19.1. The Hall–Kier alpha value is -4.34. The zero-order valence-electron chi connectivity index (χ0n) is 18.6. The molecule has 0 aliphatic carbocycles. The average Bonchev–Trinajstić information content (AvgIpc) is 3.28. The van der Waals surface area contributed by atoms with Gasteiger partial charge in [-0.1, -0.05) is 0 Å². The Morgan fingerprint density at radius 1 is 1.15 bits per heavy atom. The van der Waals surface area contributed by atoms with E-state index in [-0.39, 0.29) is 17.4 Å². The molecule has 4 heterocycles. The van der Waals surface area contributed by atoms with Gasteiger partial charge in [-0.3, -0.25) is 14.7 Å². The molecule has 0 bridgehead atoms. The molecule has 0 radical (unpaired) electrons. The van der Waals surface area contributed by atoms with Crippen LogP contribution in [0.4, 0.5) is 20.7 Å². The number of anilines is 2. The molecule has 0 saturated carbocycles. The Morgan fingerprint density at radius 3 is 2.76 bits per heavy atom. The summed E-state index contributed by atoms with van der Waals surface area (Å²) in [4.78, 5) is 39.8. The number of pyridine rings is 2. The lowest BCUT2D eigenvalue weighted by Crippen LogP contribution is -2.36. The van der Waals surface area contributed by atoms with Crippen LogP contribution in [-0.2, 0) is 11.2 Å². The molecular formula is C24H21FN6O3. The zero-order chi connectivity index (χ0) is 23.8. The summed E-state index contributed by atoms with van der Waals surface area (Å²) in [7, 11) is 1.27. The van der Waals surface area contributed by atoms with Crippen LogP contribution in [0.2, 0.25) is 0 Å². The first-order chi connectivity index (χ1) is 16.4. The number of methoxy groups -OCH3 is 1. The number of aromatic nitrogens is 4. The Balaban J connectivity index is 1.51. The highest BCUT2D eigenvalue weighted by Crippen LogP contribution is 2.30.